The summed E-state index contributed by atoms with van der Waals surface area (Å²) in [7, 11) is 0. The molecule has 0 spiro atoms. The van der Waals surface area contributed by atoms with Gasteiger partial charge in [-0.1, -0.05) is 6.07 Å². The zero-order valence-electron chi connectivity index (χ0n) is 10.7. The van der Waals surface area contributed by atoms with E-state index in [-0.39, 0.29) is 11.8 Å². The molecule has 3 rings (SSSR count). The molecule has 19 heavy (non-hydrogen) atoms. The number of amides is 1. The van der Waals surface area contributed by atoms with Crippen LogP contribution in [0.5, 0.6) is 0 Å². The molecule has 1 atom stereocenters. The second-order valence-corrected chi connectivity index (χ2v) is 4.94. The molecule has 1 aromatic carbocycles. The number of benzene rings is 1. The molecule has 0 radical (unpaired) electrons. The Morgan fingerprint density at radius 2 is 2.32 bits per heavy atom. The molecule has 0 bridgehead atoms. The monoisotopic (exact) mass is 255 g/mol. The van der Waals surface area contributed by atoms with E-state index in [0.29, 0.717) is 0 Å². The molecule has 0 unspecified atom stereocenters. The number of hydrogen-bond acceptors (Lipinski definition) is 3. The van der Waals surface area contributed by atoms with Gasteiger partial charge in [-0.05, 0) is 43.7 Å². The molecule has 1 aliphatic heterocycles. The third-order valence-corrected chi connectivity index (χ3v) is 3.54. The number of piperidine rings is 1. The van der Waals surface area contributed by atoms with Crippen LogP contribution in [-0.2, 0) is 4.79 Å². The normalized spacial score (nSPS) is 19.3. The largest absolute Gasteiger partial charge is 0.326 e. The fourth-order valence-electron chi connectivity index (χ4n) is 2.47. The van der Waals surface area contributed by atoms with Crippen LogP contribution in [0.4, 0.5) is 5.69 Å². The van der Waals surface area contributed by atoms with Crippen molar-refractivity contribution in [3.63, 3.8) is 0 Å². The first-order valence-corrected chi connectivity index (χ1v) is 6.69. The van der Waals surface area contributed by atoms with Crippen molar-refractivity contribution in [2.24, 2.45) is 5.92 Å². The molecule has 1 fully saturated rings. The number of hydrogen-bond donors (Lipinski definition) is 2. The molecule has 0 saturated carbocycles. The number of carbonyl (C=O) groups is 1. The van der Waals surface area contributed by atoms with E-state index in [1.165, 1.54) is 0 Å². The lowest BCUT2D eigenvalue weighted by molar-refractivity contribution is -0.120. The van der Waals surface area contributed by atoms with Crippen LogP contribution in [0, 0.1) is 5.92 Å². The molecule has 1 aromatic heterocycles. The molecule has 4 heteroatoms. The van der Waals surface area contributed by atoms with Gasteiger partial charge >= 0.3 is 0 Å². The van der Waals surface area contributed by atoms with Gasteiger partial charge in [0, 0.05) is 23.8 Å². The maximum Gasteiger partial charge on any atom is 0.228 e. The number of fused-ring (bicyclic) bond motifs is 1. The number of carbonyl (C=O) groups excluding carboxylic acids is 1. The van der Waals surface area contributed by atoms with E-state index in [4.69, 9.17) is 0 Å². The van der Waals surface area contributed by atoms with Crippen molar-refractivity contribution in [3.05, 3.63) is 36.5 Å². The van der Waals surface area contributed by atoms with Crippen molar-refractivity contribution in [2.45, 2.75) is 12.8 Å². The minimum Gasteiger partial charge on any atom is -0.326 e. The van der Waals surface area contributed by atoms with Crippen molar-refractivity contribution in [1.29, 1.82) is 0 Å². The van der Waals surface area contributed by atoms with Gasteiger partial charge in [0.2, 0.25) is 5.91 Å². The van der Waals surface area contributed by atoms with Crippen LogP contribution in [0.3, 0.4) is 0 Å². The van der Waals surface area contributed by atoms with E-state index in [9.17, 15) is 4.79 Å². The highest BCUT2D eigenvalue weighted by atomic mass is 16.1. The number of aromatic nitrogens is 1. The van der Waals surface area contributed by atoms with E-state index < -0.39 is 0 Å². The van der Waals surface area contributed by atoms with Crippen LogP contribution < -0.4 is 10.6 Å². The van der Waals surface area contributed by atoms with Crippen molar-refractivity contribution >= 4 is 22.5 Å². The predicted octanol–water partition coefficient (Wildman–Crippen LogP) is 2.17. The first-order valence-electron chi connectivity index (χ1n) is 6.69. The Balaban J connectivity index is 1.75. The van der Waals surface area contributed by atoms with Gasteiger partial charge in [-0.25, -0.2) is 0 Å². The van der Waals surface area contributed by atoms with Crippen LogP contribution in [0.1, 0.15) is 12.8 Å². The van der Waals surface area contributed by atoms with E-state index >= 15 is 0 Å². The van der Waals surface area contributed by atoms with Gasteiger partial charge in [0.05, 0.1) is 11.4 Å². The summed E-state index contributed by atoms with van der Waals surface area (Å²) < 4.78 is 0. The third-order valence-electron chi connectivity index (χ3n) is 3.54. The van der Waals surface area contributed by atoms with E-state index in [1.807, 2.05) is 30.3 Å². The van der Waals surface area contributed by atoms with Gasteiger partial charge in [-0.2, -0.15) is 0 Å². The van der Waals surface area contributed by atoms with E-state index in [0.717, 1.165) is 42.5 Å². The molecular weight excluding hydrogens is 238 g/mol. The van der Waals surface area contributed by atoms with Gasteiger partial charge < -0.3 is 10.6 Å². The second-order valence-electron chi connectivity index (χ2n) is 4.94. The molecule has 2 aromatic rings. The Kier molecular flexibility index (Phi) is 3.42. The van der Waals surface area contributed by atoms with Crippen molar-refractivity contribution in [3.8, 4) is 0 Å². The van der Waals surface area contributed by atoms with Gasteiger partial charge in [-0.15, -0.1) is 0 Å². The molecule has 4 nitrogen and oxygen atoms in total. The maximum absolute atomic E-state index is 12.1. The van der Waals surface area contributed by atoms with Crippen molar-refractivity contribution < 1.29 is 4.79 Å². The van der Waals surface area contributed by atoms with E-state index in [1.54, 1.807) is 6.20 Å². The number of nitrogens with zero attached hydrogens (tertiary/aromatic N) is 1. The Labute approximate surface area is 112 Å². The summed E-state index contributed by atoms with van der Waals surface area (Å²) in [6, 6.07) is 9.71. The highest BCUT2D eigenvalue weighted by molar-refractivity contribution is 5.95. The molecule has 1 amide bonds. The Hall–Kier alpha value is -1.94. The van der Waals surface area contributed by atoms with Crippen LogP contribution in [0.2, 0.25) is 0 Å². The summed E-state index contributed by atoms with van der Waals surface area (Å²) in [5.41, 5.74) is 1.79. The van der Waals surface area contributed by atoms with Crippen molar-refractivity contribution in [2.75, 3.05) is 18.4 Å². The molecule has 98 valence electrons. The number of pyridine rings is 1. The predicted molar refractivity (Wildman–Crippen MR) is 76.0 cm³/mol. The van der Waals surface area contributed by atoms with Crippen molar-refractivity contribution in [1.82, 2.24) is 10.3 Å². The van der Waals surface area contributed by atoms with Crippen LogP contribution in [0.15, 0.2) is 36.5 Å². The molecular formula is C15H17N3O. The molecule has 1 aliphatic rings. The summed E-state index contributed by atoms with van der Waals surface area (Å²) in [4.78, 5) is 16.4. The smallest absolute Gasteiger partial charge is 0.228 e. The lowest BCUT2D eigenvalue weighted by Crippen LogP contribution is -2.37. The Morgan fingerprint density at radius 3 is 3.16 bits per heavy atom. The third kappa shape index (κ3) is 2.74. The SMILES string of the molecule is O=C(Nc1ccc2ncccc2c1)[C@H]1CCCNC1. The summed E-state index contributed by atoms with van der Waals surface area (Å²) in [5.74, 6) is 0.189. The lowest BCUT2D eigenvalue weighted by atomic mass is 9.99. The summed E-state index contributed by atoms with van der Waals surface area (Å²) >= 11 is 0. The second kappa shape index (κ2) is 5.36. The standard InChI is InChI=1S/C15H17N3O/c19-15(12-4-1-7-16-10-12)18-13-5-6-14-11(9-13)3-2-8-17-14/h2-3,5-6,8-9,12,16H,1,4,7,10H2,(H,18,19)/t12-/m0/s1. The first-order chi connectivity index (χ1) is 9.33. The molecule has 2 N–H and O–H groups in total. The lowest BCUT2D eigenvalue weighted by Gasteiger charge is -2.21. The van der Waals surface area contributed by atoms with Crippen LogP contribution in [0.25, 0.3) is 10.9 Å². The topological polar surface area (TPSA) is 54.0 Å². The molecule has 0 aliphatic carbocycles. The average molecular weight is 255 g/mol. The first kappa shape index (κ1) is 12.1. The Bertz CT molecular complexity index is 591. The van der Waals surface area contributed by atoms with Crippen LogP contribution >= 0.6 is 0 Å². The summed E-state index contributed by atoms with van der Waals surface area (Å²) in [6.07, 6.45) is 3.81. The zero-order valence-corrected chi connectivity index (χ0v) is 10.7. The summed E-state index contributed by atoms with van der Waals surface area (Å²) in [5, 5.41) is 7.30. The number of anilines is 1. The molecule has 1 saturated heterocycles. The van der Waals surface area contributed by atoms with Gasteiger partial charge in [-0.3, -0.25) is 9.78 Å². The quantitative estimate of drug-likeness (QED) is 0.864. The fraction of sp³-hybridized carbons (Fsp3) is 0.333. The zero-order chi connectivity index (χ0) is 13.1. The average Bonchev–Trinajstić information content (AvgIpc) is 2.48. The number of rotatable bonds is 2. The van der Waals surface area contributed by atoms with Crippen LogP contribution in [-0.4, -0.2) is 24.0 Å². The van der Waals surface area contributed by atoms with Gasteiger partial charge in [0.25, 0.3) is 0 Å². The van der Waals surface area contributed by atoms with Gasteiger partial charge in [0.1, 0.15) is 0 Å². The highest BCUT2D eigenvalue weighted by Crippen LogP contribution is 2.19. The Morgan fingerprint density at radius 1 is 1.37 bits per heavy atom. The van der Waals surface area contributed by atoms with E-state index in [2.05, 4.69) is 15.6 Å². The molecule has 2 heterocycles. The summed E-state index contributed by atoms with van der Waals surface area (Å²) in [6.45, 7) is 1.80. The van der Waals surface area contributed by atoms with Gasteiger partial charge in [0.15, 0.2) is 0 Å². The minimum absolute atomic E-state index is 0.0818. The fourth-order valence-corrected chi connectivity index (χ4v) is 2.47. The highest BCUT2D eigenvalue weighted by Gasteiger charge is 2.20. The number of nitrogens with one attached hydrogen (secondary N) is 2. The maximum atomic E-state index is 12.1. The minimum atomic E-state index is 0.0818.